The number of nitrogens with zero attached hydrogens (tertiary/aromatic N) is 2. The van der Waals surface area contributed by atoms with Crippen LogP contribution in [0.1, 0.15) is 32.1 Å². The maximum absolute atomic E-state index is 4.16. The molecule has 1 aliphatic heterocycles. The van der Waals surface area contributed by atoms with E-state index < -0.39 is 0 Å². The predicted octanol–water partition coefficient (Wildman–Crippen LogP) is 2.35. The number of hydrogen-bond acceptors (Lipinski definition) is 4. The molecule has 1 aliphatic rings. The Kier molecular flexibility index (Phi) is 4.17. The molecular weight excluding hydrogens is 230 g/mol. The van der Waals surface area contributed by atoms with Crippen LogP contribution in [-0.2, 0) is 6.54 Å². The van der Waals surface area contributed by atoms with E-state index in [9.17, 15) is 0 Å². The molecule has 0 radical (unpaired) electrons. The molecule has 4 heteroatoms. The second-order valence-electron chi connectivity index (χ2n) is 5.93. The summed E-state index contributed by atoms with van der Waals surface area (Å²) in [7, 11) is 0. The molecular formula is C13H23N3S. The van der Waals surface area contributed by atoms with Crippen LogP contribution in [0.25, 0.3) is 0 Å². The first kappa shape index (κ1) is 13.0. The van der Waals surface area contributed by atoms with Crippen LogP contribution in [0.5, 0.6) is 0 Å². The minimum absolute atomic E-state index is 0.330. The predicted molar refractivity (Wildman–Crippen MR) is 73.3 cm³/mol. The summed E-state index contributed by atoms with van der Waals surface area (Å²) in [5.41, 5.74) is 2.25. The highest BCUT2D eigenvalue weighted by Gasteiger charge is 2.27. The number of hydrogen-bond donors (Lipinski definition) is 1. The van der Waals surface area contributed by atoms with Crippen molar-refractivity contribution in [2.45, 2.75) is 39.8 Å². The second-order valence-corrected chi connectivity index (χ2v) is 6.90. The molecule has 1 atom stereocenters. The summed E-state index contributed by atoms with van der Waals surface area (Å²) in [6.07, 6.45) is 3.24. The lowest BCUT2D eigenvalue weighted by atomic mass is 9.86. The van der Waals surface area contributed by atoms with Crippen LogP contribution in [0.3, 0.4) is 0 Å². The number of thiazole rings is 1. The monoisotopic (exact) mass is 253 g/mol. The smallest absolute Gasteiger partial charge is 0.0794 e. The fourth-order valence-corrected chi connectivity index (χ4v) is 2.89. The van der Waals surface area contributed by atoms with Crippen molar-refractivity contribution in [3.05, 3.63) is 16.6 Å². The molecule has 1 unspecified atom stereocenters. The molecule has 1 fully saturated rings. The highest BCUT2D eigenvalue weighted by Crippen LogP contribution is 2.22. The first-order chi connectivity index (χ1) is 8.05. The number of aromatic nitrogens is 1. The topological polar surface area (TPSA) is 28.2 Å². The largest absolute Gasteiger partial charge is 0.312 e. The summed E-state index contributed by atoms with van der Waals surface area (Å²) in [5.74, 6) is 0. The van der Waals surface area contributed by atoms with Crippen molar-refractivity contribution >= 4 is 11.3 Å². The van der Waals surface area contributed by atoms with Gasteiger partial charge in [0.05, 0.1) is 5.51 Å². The molecule has 0 aromatic carbocycles. The van der Waals surface area contributed by atoms with E-state index in [0.29, 0.717) is 11.5 Å². The van der Waals surface area contributed by atoms with E-state index in [4.69, 9.17) is 0 Å². The van der Waals surface area contributed by atoms with Crippen LogP contribution in [0, 0.1) is 5.41 Å². The van der Waals surface area contributed by atoms with E-state index in [2.05, 4.69) is 36.0 Å². The van der Waals surface area contributed by atoms with Crippen LogP contribution >= 0.6 is 11.3 Å². The Hall–Kier alpha value is -0.450. The van der Waals surface area contributed by atoms with Crippen molar-refractivity contribution in [2.24, 2.45) is 5.41 Å². The number of nitrogens with one attached hydrogen (secondary N) is 1. The standard InChI is InChI=1S/C13H23N3S/c1-13(2,3)12-9-16(6-4-5-15-12)8-11-7-14-10-17-11/h7,10,12,15H,4-6,8-9H2,1-3H3. The van der Waals surface area contributed by atoms with Gasteiger partial charge in [-0.25, -0.2) is 0 Å². The molecule has 96 valence electrons. The summed E-state index contributed by atoms with van der Waals surface area (Å²) >= 11 is 1.76. The van der Waals surface area contributed by atoms with E-state index in [0.717, 1.165) is 19.6 Å². The fourth-order valence-electron chi connectivity index (χ4n) is 2.26. The molecule has 3 nitrogen and oxygen atoms in total. The average Bonchev–Trinajstić information content (AvgIpc) is 2.61. The maximum Gasteiger partial charge on any atom is 0.0794 e. The minimum Gasteiger partial charge on any atom is -0.312 e. The molecule has 17 heavy (non-hydrogen) atoms. The van der Waals surface area contributed by atoms with Gasteiger partial charge >= 0.3 is 0 Å². The fraction of sp³-hybridized carbons (Fsp3) is 0.769. The number of rotatable bonds is 2. The Labute approximate surface area is 108 Å². The lowest BCUT2D eigenvalue weighted by Crippen LogP contribution is -2.46. The molecule has 1 aromatic heterocycles. The van der Waals surface area contributed by atoms with Crippen molar-refractivity contribution in [3.8, 4) is 0 Å². The van der Waals surface area contributed by atoms with Gasteiger partial charge in [-0.15, -0.1) is 11.3 Å². The van der Waals surface area contributed by atoms with Crippen LogP contribution < -0.4 is 5.32 Å². The third-order valence-corrected chi connectivity index (χ3v) is 4.16. The summed E-state index contributed by atoms with van der Waals surface area (Å²) in [5, 5.41) is 3.68. The Morgan fingerprint density at radius 3 is 3.00 bits per heavy atom. The molecule has 2 rings (SSSR count). The molecule has 0 amide bonds. The first-order valence-corrected chi connectivity index (χ1v) is 7.27. The molecule has 0 saturated carbocycles. The lowest BCUT2D eigenvalue weighted by molar-refractivity contribution is 0.193. The van der Waals surface area contributed by atoms with Crippen molar-refractivity contribution < 1.29 is 0 Å². The minimum atomic E-state index is 0.330. The molecule has 1 N–H and O–H groups in total. The summed E-state index contributed by atoms with van der Waals surface area (Å²) in [6.45, 7) is 11.5. The zero-order valence-electron chi connectivity index (χ0n) is 11.1. The van der Waals surface area contributed by atoms with Gasteiger partial charge < -0.3 is 5.32 Å². The Bertz CT molecular complexity index is 329. The summed E-state index contributed by atoms with van der Waals surface area (Å²) in [4.78, 5) is 8.09. The Morgan fingerprint density at radius 1 is 1.53 bits per heavy atom. The summed E-state index contributed by atoms with van der Waals surface area (Å²) < 4.78 is 0. The Morgan fingerprint density at radius 2 is 2.35 bits per heavy atom. The van der Waals surface area contributed by atoms with Gasteiger partial charge in [0, 0.05) is 30.2 Å². The van der Waals surface area contributed by atoms with Gasteiger partial charge in [0.2, 0.25) is 0 Å². The SMILES string of the molecule is CC(C)(C)C1CN(Cc2cncs2)CCCN1. The van der Waals surface area contributed by atoms with Crippen LogP contribution in [0.15, 0.2) is 11.7 Å². The van der Waals surface area contributed by atoms with E-state index >= 15 is 0 Å². The highest BCUT2D eigenvalue weighted by atomic mass is 32.1. The lowest BCUT2D eigenvalue weighted by Gasteiger charge is -2.33. The molecule has 0 spiro atoms. The van der Waals surface area contributed by atoms with Gasteiger partial charge in [-0.3, -0.25) is 9.88 Å². The van der Waals surface area contributed by atoms with Crippen LogP contribution in [-0.4, -0.2) is 35.6 Å². The van der Waals surface area contributed by atoms with Gasteiger partial charge in [-0.2, -0.15) is 0 Å². The molecule has 1 saturated heterocycles. The molecule has 2 heterocycles. The van der Waals surface area contributed by atoms with Crippen molar-refractivity contribution in [1.82, 2.24) is 15.2 Å². The Balaban J connectivity index is 1.97. The van der Waals surface area contributed by atoms with E-state index in [1.54, 1.807) is 11.3 Å². The summed E-state index contributed by atoms with van der Waals surface area (Å²) in [6, 6.07) is 0.581. The average molecular weight is 253 g/mol. The van der Waals surface area contributed by atoms with Crippen LogP contribution in [0.4, 0.5) is 0 Å². The van der Waals surface area contributed by atoms with E-state index in [1.807, 2.05) is 11.7 Å². The molecule has 0 bridgehead atoms. The molecule has 1 aromatic rings. The zero-order valence-corrected chi connectivity index (χ0v) is 11.9. The van der Waals surface area contributed by atoms with Gasteiger partial charge in [-0.05, 0) is 24.9 Å². The van der Waals surface area contributed by atoms with Crippen molar-refractivity contribution in [1.29, 1.82) is 0 Å². The third kappa shape index (κ3) is 3.76. The van der Waals surface area contributed by atoms with Gasteiger partial charge in [0.15, 0.2) is 0 Å². The normalized spacial score (nSPS) is 23.6. The zero-order chi connectivity index (χ0) is 12.3. The quantitative estimate of drug-likeness (QED) is 0.877. The van der Waals surface area contributed by atoms with Gasteiger partial charge in [-0.1, -0.05) is 20.8 Å². The van der Waals surface area contributed by atoms with E-state index in [-0.39, 0.29) is 0 Å². The van der Waals surface area contributed by atoms with Gasteiger partial charge in [0.25, 0.3) is 0 Å². The molecule has 0 aliphatic carbocycles. The highest BCUT2D eigenvalue weighted by molar-refractivity contribution is 7.09. The third-order valence-electron chi connectivity index (χ3n) is 3.39. The first-order valence-electron chi connectivity index (χ1n) is 6.39. The second kappa shape index (κ2) is 5.46. The van der Waals surface area contributed by atoms with Crippen molar-refractivity contribution in [3.63, 3.8) is 0 Å². The van der Waals surface area contributed by atoms with Crippen molar-refractivity contribution in [2.75, 3.05) is 19.6 Å². The maximum atomic E-state index is 4.16. The van der Waals surface area contributed by atoms with E-state index in [1.165, 1.54) is 17.8 Å². The van der Waals surface area contributed by atoms with Crippen LogP contribution in [0.2, 0.25) is 0 Å². The van der Waals surface area contributed by atoms with Gasteiger partial charge in [0.1, 0.15) is 0 Å².